The van der Waals surface area contributed by atoms with Gasteiger partial charge < -0.3 is 20.1 Å². The second-order valence-corrected chi connectivity index (χ2v) is 8.26. The number of aromatic nitrogens is 2. The summed E-state index contributed by atoms with van der Waals surface area (Å²) in [7, 11) is 0. The van der Waals surface area contributed by atoms with Crippen molar-refractivity contribution in [2.24, 2.45) is 0 Å². The average Bonchev–Trinajstić information content (AvgIpc) is 3.28. The first kappa shape index (κ1) is 21.2. The number of anilines is 1. The SMILES string of the molecule is N=C(Nc1cc(Cl)cc(Cl)c1)NC1CCN(C(=O)c2ccc(-n3ccnc3)cc2)CC1. The van der Waals surface area contributed by atoms with E-state index in [1.54, 1.807) is 30.7 Å². The molecule has 9 heteroatoms. The molecule has 7 nitrogen and oxygen atoms in total. The summed E-state index contributed by atoms with van der Waals surface area (Å²) in [6.07, 6.45) is 6.83. The summed E-state index contributed by atoms with van der Waals surface area (Å²) >= 11 is 12.0. The minimum atomic E-state index is 0.0254. The van der Waals surface area contributed by atoms with Crippen molar-refractivity contribution in [2.45, 2.75) is 18.9 Å². The Balaban J connectivity index is 1.28. The fraction of sp³-hybridized carbons (Fsp3) is 0.227. The minimum absolute atomic E-state index is 0.0254. The number of halogens is 2. The molecular formula is C22H22Cl2N6O. The van der Waals surface area contributed by atoms with Crippen LogP contribution in [0.4, 0.5) is 5.69 Å². The van der Waals surface area contributed by atoms with Crippen LogP contribution in [-0.2, 0) is 0 Å². The molecule has 1 amide bonds. The topological polar surface area (TPSA) is 86.0 Å². The summed E-state index contributed by atoms with van der Waals surface area (Å²) in [6.45, 7) is 1.27. The lowest BCUT2D eigenvalue weighted by Gasteiger charge is -2.33. The fourth-order valence-corrected chi connectivity index (χ4v) is 4.13. The molecule has 1 aromatic heterocycles. The van der Waals surface area contributed by atoms with E-state index in [9.17, 15) is 4.79 Å². The zero-order chi connectivity index (χ0) is 21.8. The maximum atomic E-state index is 12.8. The molecule has 1 aliphatic heterocycles. The van der Waals surface area contributed by atoms with Gasteiger partial charge in [0.2, 0.25) is 0 Å². The van der Waals surface area contributed by atoms with E-state index < -0.39 is 0 Å². The molecule has 1 fully saturated rings. The molecule has 31 heavy (non-hydrogen) atoms. The number of guanidine groups is 1. The fourth-order valence-electron chi connectivity index (χ4n) is 3.61. The van der Waals surface area contributed by atoms with E-state index in [2.05, 4.69) is 15.6 Å². The number of likely N-dealkylation sites (tertiary alicyclic amines) is 1. The second-order valence-electron chi connectivity index (χ2n) is 7.39. The van der Waals surface area contributed by atoms with Crippen LogP contribution in [0.5, 0.6) is 0 Å². The Morgan fingerprint density at radius 1 is 1.06 bits per heavy atom. The van der Waals surface area contributed by atoms with E-state index in [1.807, 2.05) is 39.9 Å². The molecule has 2 aromatic carbocycles. The molecular weight excluding hydrogens is 435 g/mol. The van der Waals surface area contributed by atoms with Crippen LogP contribution >= 0.6 is 23.2 Å². The van der Waals surface area contributed by atoms with Gasteiger partial charge in [0.1, 0.15) is 0 Å². The quantitative estimate of drug-likeness (QED) is 0.400. The summed E-state index contributed by atoms with van der Waals surface area (Å²) < 4.78 is 1.89. The summed E-state index contributed by atoms with van der Waals surface area (Å²) in [6, 6.07) is 12.7. The van der Waals surface area contributed by atoms with Gasteiger partial charge in [-0.05, 0) is 55.3 Å². The van der Waals surface area contributed by atoms with Crippen molar-refractivity contribution in [1.29, 1.82) is 5.41 Å². The van der Waals surface area contributed by atoms with Gasteiger partial charge in [0.15, 0.2) is 5.96 Å². The number of benzene rings is 2. The predicted octanol–water partition coefficient (Wildman–Crippen LogP) is 4.42. The summed E-state index contributed by atoms with van der Waals surface area (Å²) in [5.74, 6) is 0.204. The number of carbonyl (C=O) groups is 1. The first-order chi connectivity index (χ1) is 15.0. The molecule has 3 aromatic rings. The average molecular weight is 457 g/mol. The largest absolute Gasteiger partial charge is 0.353 e. The summed E-state index contributed by atoms with van der Waals surface area (Å²) in [4.78, 5) is 18.7. The highest BCUT2D eigenvalue weighted by Crippen LogP contribution is 2.22. The number of hydrogen-bond acceptors (Lipinski definition) is 3. The van der Waals surface area contributed by atoms with E-state index in [0.29, 0.717) is 34.4 Å². The predicted molar refractivity (Wildman–Crippen MR) is 123 cm³/mol. The number of imidazole rings is 1. The molecule has 0 unspecified atom stereocenters. The van der Waals surface area contributed by atoms with E-state index in [4.69, 9.17) is 28.6 Å². The lowest BCUT2D eigenvalue weighted by Crippen LogP contribution is -2.47. The molecule has 1 aliphatic rings. The maximum Gasteiger partial charge on any atom is 0.253 e. The minimum Gasteiger partial charge on any atom is -0.353 e. The Morgan fingerprint density at radius 3 is 2.35 bits per heavy atom. The summed E-state index contributed by atoms with van der Waals surface area (Å²) in [5.41, 5.74) is 2.29. The summed E-state index contributed by atoms with van der Waals surface area (Å²) in [5, 5.41) is 15.3. The van der Waals surface area contributed by atoms with Gasteiger partial charge in [-0.15, -0.1) is 0 Å². The van der Waals surface area contributed by atoms with Gasteiger partial charge >= 0.3 is 0 Å². The number of carbonyl (C=O) groups excluding carboxylic acids is 1. The number of piperidine rings is 1. The number of nitrogens with zero attached hydrogens (tertiary/aromatic N) is 3. The van der Waals surface area contributed by atoms with Crippen molar-refractivity contribution in [2.75, 3.05) is 18.4 Å². The molecule has 0 radical (unpaired) electrons. The van der Waals surface area contributed by atoms with Gasteiger partial charge in [-0.2, -0.15) is 0 Å². The van der Waals surface area contributed by atoms with E-state index >= 15 is 0 Å². The Hall–Kier alpha value is -3.03. The number of rotatable bonds is 4. The zero-order valence-corrected chi connectivity index (χ0v) is 18.2. The molecule has 3 N–H and O–H groups in total. The molecule has 0 aliphatic carbocycles. The van der Waals surface area contributed by atoms with Crippen LogP contribution in [0, 0.1) is 5.41 Å². The van der Waals surface area contributed by atoms with Gasteiger partial charge in [-0.1, -0.05) is 23.2 Å². The smallest absolute Gasteiger partial charge is 0.253 e. The molecule has 4 rings (SSSR count). The van der Waals surface area contributed by atoms with Gasteiger partial charge in [0.05, 0.1) is 6.33 Å². The molecule has 0 saturated carbocycles. The molecule has 0 bridgehead atoms. The Labute approximate surface area is 190 Å². The molecule has 0 atom stereocenters. The van der Waals surface area contributed by atoms with Gasteiger partial charge in [-0.25, -0.2) is 4.98 Å². The third-order valence-corrected chi connectivity index (χ3v) is 5.62. The van der Waals surface area contributed by atoms with E-state index in [0.717, 1.165) is 18.5 Å². The van der Waals surface area contributed by atoms with E-state index in [-0.39, 0.29) is 17.9 Å². The zero-order valence-electron chi connectivity index (χ0n) is 16.7. The lowest BCUT2D eigenvalue weighted by molar-refractivity contribution is 0.0710. The molecule has 1 saturated heterocycles. The van der Waals surface area contributed by atoms with Crippen LogP contribution < -0.4 is 10.6 Å². The van der Waals surface area contributed by atoms with Gasteiger partial charge in [0.25, 0.3) is 5.91 Å². The van der Waals surface area contributed by atoms with Crippen molar-refractivity contribution >= 4 is 40.8 Å². The molecule has 0 spiro atoms. The third-order valence-electron chi connectivity index (χ3n) is 5.18. The molecule has 2 heterocycles. The van der Waals surface area contributed by atoms with Crippen molar-refractivity contribution in [1.82, 2.24) is 19.8 Å². The van der Waals surface area contributed by atoms with E-state index in [1.165, 1.54) is 0 Å². The van der Waals surface area contributed by atoms with Crippen LogP contribution in [-0.4, -0.2) is 45.4 Å². The van der Waals surface area contributed by atoms with Crippen LogP contribution in [0.2, 0.25) is 10.0 Å². The number of nitrogens with one attached hydrogen (secondary N) is 3. The van der Waals surface area contributed by atoms with Gasteiger partial charge in [0, 0.05) is 58.5 Å². The van der Waals surface area contributed by atoms with Crippen molar-refractivity contribution < 1.29 is 4.79 Å². The normalized spacial score (nSPS) is 14.3. The lowest BCUT2D eigenvalue weighted by atomic mass is 10.0. The van der Waals surface area contributed by atoms with Crippen LogP contribution in [0.1, 0.15) is 23.2 Å². The number of hydrogen-bond donors (Lipinski definition) is 3. The monoisotopic (exact) mass is 456 g/mol. The van der Waals surface area contributed by atoms with Crippen molar-refractivity contribution in [3.8, 4) is 5.69 Å². The highest BCUT2D eigenvalue weighted by atomic mass is 35.5. The first-order valence-corrected chi connectivity index (χ1v) is 10.7. The third kappa shape index (κ3) is 5.37. The van der Waals surface area contributed by atoms with Crippen LogP contribution in [0.25, 0.3) is 5.69 Å². The Kier molecular flexibility index (Phi) is 6.44. The van der Waals surface area contributed by atoms with Crippen molar-refractivity contribution in [3.05, 3.63) is 76.8 Å². The highest BCUT2D eigenvalue weighted by Gasteiger charge is 2.24. The number of amides is 1. The standard InChI is InChI=1S/C22H22Cl2N6O/c23-16-11-17(24)13-19(12-16)28-22(25)27-18-5-8-29(9-6-18)21(31)15-1-3-20(4-2-15)30-10-7-26-14-30/h1-4,7,10-14,18H,5-6,8-9H2,(H3,25,27,28). The van der Waals surface area contributed by atoms with Gasteiger partial charge in [-0.3, -0.25) is 10.2 Å². The second kappa shape index (κ2) is 9.41. The Bertz CT molecular complexity index is 1040. The molecule has 160 valence electrons. The highest BCUT2D eigenvalue weighted by molar-refractivity contribution is 6.35. The van der Waals surface area contributed by atoms with Crippen LogP contribution in [0.15, 0.2) is 61.2 Å². The first-order valence-electron chi connectivity index (χ1n) is 9.94. The van der Waals surface area contributed by atoms with Crippen LogP contribution in [0.3, 0.4) is 0 Å². The Morgan fingerprint density at radius 2 is 1.74 bits per heavy atom. The van der Waals surface area contributed by atoms with Crippen molar-refractivity contribution in [3.63, 3.8) is 0 Å². The maximum absolute atomic E-state index is 12.8.